The molecule has 208 valence electrons. The van der Waals surface area contributed by atoms with Crippen LogP contribution in [0.25, 0.3) is 0 Å². The van der Waals surface area contributed by atoms with Crippen molar-refractivity contribution in [1.29, 1.82) is 0 Å². The van der Waals surface area contributed by atoms with Gasteiger partial charge in [0.05, 0.1) is 13.7 Å². The van der Waals surface area contributed by atoms with E-state index in [0.717, 1.165) is 40.7 Å². The third-order valence-corrected chi connectivity index (χ3v) is 8.68. The first-order valence-corrected chi connectivity index (χ1v) is 13.7. The zero-order valence-corrected chi connectivity index (χ0v) is 23.1. The van der Waals surface area contributed by atoms with E-state index in [2.05, 4.69) is 5.32 Å². The van der Waals surface area contributed by atoms with E-state index in [1.165, 1.54) is 13.2 Å². The molecule has 1 saturated carbocycles. The zero-order valence-electron chi connectivity index (χ0n) is 23.1. The summed E-state index contributed by atoms with van der Waals surface area (Å²) in [5.74, 6) is -1.13. The third kappa shape index (κ3) is 5.31. The number of nitrogens with one attached hydrogen (secondary N) is 1. The summed E-state index contributed by atoms with van der Waals surface area (Å²) >= 11 is 0. The van der Waals surface area contributed by atoms with Gasteiger partial charge in [-0.1, -0.05) is 32.0 Å². The molecule has 1 heterocycles. The molecule has 0 spiro atoms. The SMILES string of the molecule is COCc1ccc2c(c1)CCN(C(=O)C1CC(CC(=O)OC)C1)[C@H]2C(=O)Nc1cc(F)c2c(c1)CCC2(C)C. The summed E-state index contributed by atoms with van der Waals surface area (Å²) in [6, 6.07) is 8.29. The molecule has 2 aromatic rings. The van der Waals surface area contributed by atoms with Crippen molar-refractivity contribution < 1.29 is 28.2 Å². The van der Waals surface area contributed by atoms with Gasteiger partial charge in [0.2, 0.25) is 5.91 Å². The lowest BCUT2D eigenvalue weighted by Gasteiger charge is -2.42. The molecule has 1 N–H and O–H groups in total. The van der Waals surface area contributed by atoms with E-state index in [1.54, 1.807) is 12.0 Å². The van der Waals surface area contributed by atoms with Crippen molar-refractivity contribution in [2.24, 2.45) is 11.8 Å². The van der Waals surface area contributed by atoms with Crippen molar-refractivity contribution >= 4 is 23.5 Å². The predicted molar refractivity (Wildman–Crippen MR) is 145 cm³/mol. The van der Waals surface area contributed by atoms with Crippen molar-refractivity contribution in [2.75, 3.05) is 26.1 Å². The lowest BCUT2D eigenvalue weighted by Crippen LogP contribution is -2.50. The summed E-state index contributed by atoms with van der Waals surface area (Å²) in [5, 5.41) is 2.93. The second kappa shape index (κ2) is 10.7. The highest BCUT2D eigenvalue weighted by atomic mass is 19.1. The van der Waals surface area contributed by atoms with E-state index in [0.29, 0.717) is 44.5 Å². The molecule has 8 heteroatoms. The summed E-state index contributed by atoms with van der Waals surface area (Å²) in [4.78, 5) is 40.8. The molecule has 0 aromatic heterocycles. The normalized spacial score (nSPS) is 22.9. The average Bonchev–Trinajstić information content (AvgIpc) is 3.19. The largest absolute Gasteiger partial charge is 0.469 e. The maximum absolute atomic E-state index is 15.2. The quantitative estimate of drug-likeness (QED) is 0.512. The first-order chi connectivity index (χ1) is 18.6. The molecule has 2 amide bonds. The van der Waals surface area contributed by atoms with Crippen LogP contribution >= 0.6 is 0 Å². The minimum Gasteiger partial charge on any atom is -0.469 e. The van der Waals surface area contributed by atoms with Gasteiger partial charge in [-0.25, -0.2) is 4.39 Å². The van der Waals surface area contributed by atoms with Gasteiger partial charge in [0.1, 0.15) is 11.9 Å². The van der Waals surface area contributed by atoms with Gasteiger partial charge in [0, 0.05) is 31.7 Å². The van der Waals surface area contributed by atoms with Crippen LogP contribution in [0.2, 0.25) is 0 Å². The topological polar surface area (TPSA) is 84.9 Å². The summed E-state index contributed by atoms with van der Waals surface area (Å²) in [6.45, 7) is 4.94. The number of methoxy groups -OCH3 is 2. The number of rotatable bonds is 7. The van der Waals surface area contributed by atoms with Gasteiger partial charge in [0.15, 0.2) is 0 Å². The molecule has 0 unspecified atom stereocenters. The van der Waals surface area contributed by atoms with Crippen LogP contribution in [0.3, 0.4) is 0 Å². The fraction of sp³-hybridized carbons (Fsp3) is 0.516. The van der Waals surface area contributed by atoms with Gasteiger partial charge < -0.3 is 19.7 Å². The van der Waals surface area contributed by atoms with E-state index >= 15 is 4.39 Å². The second-order valence-corrected chi connectivity index (χ2v) is 11.8. The lowest BCUT2D eigenvalue weighted by atomic mass is 9.72. The Balaban J connectivity index is 1.40. The number of benzene rings is 2. The van der Waals surface area contributed by atoms with Crippen LogP contribution in [0.4, 0.5) is 10.1 Å². The number of amides is 2. The van der Waals surface area contributed by atoms with Gasteiger partial charge >= 0.3 is 5.97 Å². The minimum absolute atomic E-state index is 0.0789. The van der Waals surface area contributed by atoms with Crippen molar-refractivity contribution in [1.82, 2.24) is 4.90 Å². The van der Waals surface area contributed by atoms with E-state index in [-0.39, 0.29) is 40.9 Å². The maximum Gasteiger partial charge on any atom is 0.305 e. The van der Waals surface area contributed by atoms with E-state index < -0.39 is 6.04 Å². The monoisotopic (exact) mass is 536 g/mol. The summed E-state index contributed by atoms with van der Waals surface area (Å²) in [7, 11) is 3.00. The number of aryl methyl sites for hydroxylation is 1. The Morgan fingerprint density at radius 1 is 1.08 bits per heavy atom. The van der Waals surface area contributed by atoms with Gasteiger partial charge in [-0.2, -0.15) is 0 Å². The highest BCUT2D eigenvalue weighted by molar-refractivity contribution is 5.99. The highest BCUT2D eigenvalue weighted by Crippen LogP contribution is 2.43. The van der Waals surface area contributed by atoms with Crippen molar-refractivity contribution in [2.45, 2.75) is 70.4 Å². The molecule has 1 aliphatic heterocycles. The maximum atomic E-state index is 15.2. The molecular formula is C31H37FN2O5. The summed E-state index contributed by atoms with van der Waals surface area (Å²) in [6.07, 6.45) is 3.75. The van der Waals surface area contributed by atoms with Gasteiger partial charge in [-0.15, -0.1) is 0 Å². The fourth-order valence-corrected chi connectivity index (χ4v) is 6.59. The summed E-state index contributed by atoms with van der Waals surface area (Å²) in [5.41, 5.74) is 4.60. The van der Waals surface area contributed by atoms with Gasteiger partial charge in [-0.3, -0.25) is 14.4 Å². The van der Waals surface area contributed by atoms with Crippen molar-refractivity contribution in [3.8, 4) is 0 Å². The molecule has 1 fully saturated rings. The number of carbonyl (C=O) groups excluding carboxylic acids is 3. The number of ether oxygens (including phenoxy) is 2. The Labute approximate surface area is 229 Å². The summed E-state index contributed by atoms with van der Waals surface area (Å²) < 4.78 is 25.2. The van der Waals surface area contributed by atoms with E-state index in [9.17, 15) is 14.4 Å². The van der Waals surface area contributed by atoms with Crippen molar-refractivity contribution in [3.05, 3.63) is 64.0 Å². The molecular weight excluding hydrogens is 499 g/mol. The van der Waals surface area contributed by atoms with Crippen LogP contribution in [0.5, 0.6) is 0 Å². The van der Waals surface area contributed by atoms with Crippen LogP contribution in [-0.2, 0) is 48.7 Å². The molecule has 1 atom stereocenters. The van der Waals surface area contributed by atoms with Crippen LogP contribution in [0, 0.1) is 17.7 Å². The number of carbonyl (C=O) groups is 3. The molecule has 0 radical (unpaired) electrons. The molecule has 0 saturated heterocycles. The van der Waals surface area contributed by atoms with E-state index in [4.69, 9.17) is 9.47 Å². The Morgan fingerprint density at radius 2 is 1.85 bits per heavy atom. The number of fused-ring (bicyclic) bond motifs is 2. The number of esters is 1. The minimum atomic E-state index is -0.828. The molecule has 5 rings (SSSR count). The van der Waals surface area contributed by atoms with Crippen LogP contribution in [0.1, 0.15) is 73.4 Å². The van der Waals surface area contributed by atoms with E-state index in [1.807, 2.05) is 38.1 Å². The Hall–Kier alpha value is -3.26. The van der Waals surface area contributed by atoms with Crippen molar-refractivity contribution in [3.63, 3.8) is 0 Å². The Morgan fingerprint density at radius 3 is 2.56 bits per heavy atom. The van der Waals surface area contributed by atoms with Gasteiger partial charge in [-0.05, 0) is 83.4 Å². The van der Waals surface area contributed by atoms with Crippen LogP contribution in [-0.4, -0.2) is 43.4 Å². The zero-order chi connectivity index (χ0) is 27.9. The first kappa shape index (κ1) is 27.3. The average molecular weight is 537 g/mol. The predicted octanol–water partition coefficient (Wildman–Crippen LogP) is 4.85. The molecule has 3 aliphatic rings. The number of nitrogens with zero attached hydrogens (tertiary/aromatic N) is 1. The van der Waals surface area contributed by atoms with Gasteiger partial charge in [0.25, 0.3) is 5.91 Å². The first-order valence-electron chi connectivity index (χ1n) is 13.7. The standard InChI is InChI=1S/C31H37FN2O5/c1-31(2)9-7-21-15-23(16-25(32)27(21)31)33-29(36)28-24-6-5-18(17-38-3)11-20(24)8-10-34(28)30(37)22-12-19(13-22)14-26(35)39-4/h5-6,11,15-16,19,22,28H,7-10,12-14,17H2,1-4H3,(H,33,36)/t19?,22?,28-/m1/s1. The number of anilines is 1. The third-order valence-electron chi connectivity index (χ3n) is 8.68. The fourth-order valence-electron chi connectivity index (χ4n) is 6.59. The highest BCUT2D eigenvalue weighted by Gasteiger charge is 2.43. The number of hydrogen-bond donors (Lipinski definition) is 1. The molecule has 2 aliphatic carbocycles. The number of hydrogen-bond acceptors (Lipinski definition) is 5. The Kier molecular flexibility index (Phi) is 7.51. The lowest BCUT2D eigenvalue weighted by molar-refractivity contribution is -0.150. The molecule has 7 nitrogen and oxygen atoms in total. The Bertz CT molecular complexity index is 1300. The van der Waals surface area contributed by atoms with Crippen LogP contribution < -0.4 is 5.32 Å². The number of halogens is 1. The molecule has 0 bridgehead atoms. The molecule has 2 aromatic carbocycles. The van der Waals surface area contributed by atoms with Crippen LogP contribution in [0.15, 0.2) is 30.3 Å². The smallest absolute Gasteiger partial charge is 0.305 e. The molecule has 39 heavy (non-hydrogen) atoms. The second-order valence-electron chi connectivity index (χ2n) is 11.8.